The van der Waals surface area contributed by atoms with Crippen LogP contribution in [-0.4, -0.2) is 47.3 Å². The molecule has 2 aliphatic rings. The van der Waals surface area contributed by atoms with Gasteiger partial charge < -0.3 is 4.90 Å². The van der Waals surface area contributed by atoms with E-state index in [2.05, 4.69) is 5.10 Å². The van der Waals surface area contributed by atoms with Crippen molar-refractivity contribution < 1.29 is 13.2 Å². The fraction of sp³-hybridized carbons (Fsp3) is 0.238. The van der Waals surface area contributed by atoms with Gasteiger partial charge in [-0.2, -0.15) is 5.10 Å². The highest BCUT2D eigenvalue weighted by molar-refractivity contribution is 7.92. The highest BCUT2D eigenvalue weighted by Gasteiger charge is 2.51. The first-order chi connectivity index (χ1) is 13.4. The third kappa shape index (κ3) is 2.50. The van der Waals surface area contributed by atoms with Crippen LogP contribution >= 0.6 is 0 Å². The average Bonchev–Trinajstić information content (AvgIpc) is 3.38. The van der Waals surface area contributed by atoms with Gasteiger partial charge in [0.15, 0.2) is 9.84 Å². The van der Waals surface area contributed by atoms with Gasteiger partial charge in [-0.15, -0.1) is 0 Å². The minimum Gasteiger partial charge on any atom is -0.335 e. The Morgan fingerprint density at radius 2 is 1.82 bits per heavy atom. The van der Waals surface area contributed by atoms with Crippen molar-refractivity contribution in [2.24, 2.45) is 7.05 Å². The number of aryl methyl sites for hydroxylation is 1. The maximum atomic E-state index is 13.1. The quantitative estimate of drug-likeness (QED) is 0.671. The van der Waals surface area contributed by atoms with Crippen LogP contribution in [0.2, 0.25) is 0 Å². The van der Waals surface area contributed by atoms with Crippen molar-refractivity contribution in [2.45, 2.75) is 16.1 Å². The first-order valence-corrected chi connectivity index (χ1v) is 10.7. The average molecular weight is 393 g/mol. The maximum Gasteiger partial charge on any atom is 0.274 e. The van der Waals surface area contributed by atoms with E-state index < -0.39 is 15.1 Å². The topological polar surface area (TPSA) is 72.3 Å². The van der Waals surface area contributed by atoms with E-state index in [1.54, 1.807) is 35.0 Å². The largest absolute Gasteiger partial charge is 0.335 e. The molecule has 5 rings (SSSR count). The molecule has 1 amide bonds. The van der Waals surface area contributed by atoms with Gasteiger partial charge in [-0.25, -0.2) is 8.42 Å². The molecule has 1 aromatic heterocycles. The molecule has 1 fully saturated rings. The molecule has 0 spiro atoms. The summed E-state index contributed by atoms with van der Waals surface area (Å²) < 4.78 is 27.7. The van der Waals surface area contributed by atoms with Crippen molar-refractivity contribution in [3.63, 3.8) is 0 Å². The first kappa shape index (κ1) is 17.2. The summed E-state index contributed by atoms with van der Waals surface area (Å²) in [5.41, 5.74) is 3.20. The van der Waals surface area contributed by atoms with Gasteiger partial charge in [0.1, 0.15) is 5.69 Å². The summed E-state index contributed by atoms with van der Waals surface area (Å²) in [6.07, 6.45) is 1.71. The maximum absolute atomic E-state index is 13.1. The lowest BCUT2D eigenvalue weighted by Gasteiger charge is -2.17. The summed E-state index contributed by atoms with van der Waals surface area (Å²) in [4.78, 5) is 14.8. The van der Waals surface area contributed by atoms with Crippen molar-refractivity contribution in [3.8, 4) is 11.1 Å². The standard InChI is InChI=1S/C21H19N3O3S/c1-23-10-9-18(22-23)21(25)24-12-17-16-11-15(14-5-3-2-4-6-14)7-8-19(16)28(26,27)20(17)13-24/h2-11,17,20H,12-13H2,1H3/t17-,20+/m1/s1. The molecule has 7 heteroatoms. The van der Waals surface area contributed by atoms with E-state index in [0.717, 1.165) is 16.7 Å². The Hall–Kier alpha value is -2.93. The lowest BCUT2D eigenvalue weighted by Crippen LogP contribution is -2.32. The lowest BCUT2D eigenvalue weighted by molar-refractivity contribution is 0.0784. The summed E-state index contributed by atoms with van der Waals surface area (Å²) >= 11 is 0. The molecule has 0 N–H and O–H groups in total. The van der Waals surface area contributed by atoms with Gasteiger partial charge in [0.05, 0.1) is 10.1 Å². The van der Waals surface area contributed by atoms with Gasteiger partial charge in [-0.1, -0.05) is 36.4 Å². The number of fused-ring (bicyclic) bond motifs is 3. The van der Waals surface area contributed by atoms with E-state index in [9.17, 15) is 13.2 Å². The summed E-state index contributed by atoms with van der Waals surface area (Å²) in [6.45, 7) is 0.600. The third-order valence-electron chi connectivity index (χ3n) is 5.71. The number of carbonyl (C=O) groups excluding carboxylic acids is 1. The zero-order valence-corrected chi connectivity index (χ0v) is 16.1. The second-order valence-electron chi connectivity index (χ2n) is 7.39. The molecule has 1 saturated heterocycles. The lowest BCUT2D eigenvalue weighted by atomic mass is 9.94. The van der Waals surface area contributed by atoms with Crippen LogP contribution in [0.1, 0.15) is 22.0 Å². The second-order valence-corrected chi connectivity index (χ2v) is 9.53. The third-order valence-corrected chi connectivity index (χ3v) is 7.97. The van der Waals surface area contributed by atoms with Crippen molar-refractivity contribution in [1.29, 1.82) is 0 Å². The van der Waals surface area contributed by atoms with Gasteiger partial charge >= 0.3 is 0 Å². The van der Waals surface area contributed by atoms with Crippen LogP contribution in [0.4, 0.5) is 0 Å². The van der Waals surface area contributed by atoms with Crippen LogP contribution in [0.3, 0.4) is 0 Å². The van der Waals surface area contributed by atoms with Crippen LogP contribution in [0.5, 0.6) is 0 Å². The number of sulfone groups is 1. The molecule has 0 bridgehead atoms. The van der Waals surface area contributed by atoms with Crippen LogP contribution < -0.4 is 0 Å². The number of hydrogen-bond acceptors (Lipinski definition) is 4. The van der Waals surface area contributed by atoms with Gasteiger partial charge in [0.25, 0.3) is 5.91 Å². The Morgan fingerprint density at radius 1 is 1.04 bits per heavy atom. The number of benzene rings is 2. The van der Waals surface area contributed by atoms with E-state index >= 15 is 0 Å². The smallest absolute Gasteiger partial charge is 0.274 e. The van der Waals surface area contributed by atoms with E-state index in [1.807, 2.05) is 42.5 Å². The highest BCUT2D eigenvalue weighted by atomic mass is 32.2. The fourth-order valence-electron chi connectivity index (χ4n) is 4.31. The molecule has 3 aromatic rings. The number of carbonyl (C=O) groups is 1. The normalized spacial score (nSPS) is 22.1. The monoisotopic (exact) mass is 393 g/mol. The fourth-order valence-corrected chi connectivity index (χ4v) is 6.48. The Kier molecular flexibility index (Phi) is 3.71. The van der Waals surface area contributed by atoms with Crippen molar-refractivity contribution in [1.82, 2.24) is 14.7 Å². The first-order valence-electron chi connectivity index (χ1n) is 9.17. The molecule has 28 heavy (non-hydrogen) atoms. The number of likely N-dealkylation sites (tertiary alicyclic amines) is 1. The molecule has 2 aliphatic heterocycles. The molecule has 2 atom stereocenters. The molecule has 2 aromatic carbocycles. The molecular formula is C21H19N3O3S. The van der Waals surface area contributed by atoms with Crippen molar-refractivity contribution in [2.75, 3.05) is 13.1 Å². The molecular weight excluding hydrogens is 374 g/mol. The van der Waals surface area contributed by atoms with Gasteiger partial charge in [0.2, 0.25) is 0 Å². The van der Waals surface area contributed by atoms with E-state index in [-0.39, 0.29) is 18.4 Å². The summed E-state index contributed by atoms with van der Waals surface area (Å²) in [5, 5.41) is 3.58. The van der Waals surface area contributed by atoms with E-state index in [0.29, 0.717) is 17.1 Å². The Labute approximate surface area is 163 Å². The Balaban J connectivity index is 1.52. The molecule has 0 saturated carbocycles. The number of rotatable bonds is 2. The predicted octanol–water partition coefficient (Wildman–Crippen LogP) is 2.48. The summed E-state index contributed by atoms with van der Waals surface area (Å²) in [7, 11) is -1.69. The number of nitrogens with zero attached hydrogens (tertiary/aromatic N) is 3. The van der Waals surface area contributed by atoms with E-state index in [1.165, 1.54) is 0 Å². The Bertz CT molecular complexity index is 1180. The van der Waals surface area contributed by atoms with Crippen LogP contribution in [0, 0.1) is 0 Å². The zero-order valence-electron chi connectivity index (χ0n) is 15.3. The van der Waals surface area contributed by atoms with Gasteiger partial charge in [-0.05, 0) is 34.9 Å². The van der Waals surface area contributed by atoms with Crippen molar-refractivity contribution >= 4 is 15.7 Å². The van der Waals surface area contributed by atoms with Crippen LogP contribution in [0.15, 0.2) is 65.7 Å². The second kappa shape index (κ2) is 6.04. The number of aromatic nitrogens is 2. The van der Waals surface area contributed by atoms with E-state index in [4.69, 9.17) is 0 Å². The van der Waals surface area contributed by atoms with Crippen LogP contribution in [-0.2, 0) is 16.9 Å². The Morgan fingerprint density at radius 3 is 2.54 bits per heavy atom. The number of hydrogen-bond donors (Lipinski definition) is 0. The molecule has 0 radical (unpaired) electrons. The summed E-state index contributed by atoms with van der Waals surface area (Å²) in [6, 6.07) is 17.1. The number of amides is 1. The summed E-state index contributed by atoms with van der Waals surface area (Å²) in [5.74, 6) is -0.415. The molecule has 142 valence electrons. The molecule has 0 unspecified atom stereocenters. The highest BCUT2D eigenvalue weighted by Crippen LogP contribution is 2.46. The zero-order chi connectivity index (χ0) is 19.5. The van der Waals surface area contributed by atoms with Gasteiger partial charge in [-0.3, -0.25) is 9.48 Å². The molecule has 0 aliphatic carbocycles. The minimum atomic E-state index is -3.45. The SMILES string of the molecule is Cn1ccc(C(=O)N2C[C@@H]3c4cc(-c5ccccc5)ccc4S(=O)(=O)[C@H]3C2)n1. The minimum absolute atomic E-state index is 0.198. The van der Waals surface area contributed by atoms with Crippen LogP contribution in [0.25, 0.3) is 11.1 Å². The molecule has 6 nitrogen and oxygen atoms in total. The van der Waals surface area contributed by atoms with Gasteiger partial charge in [0, 0.05) is 32.3 Å². The molecule has 3 heterocycles. The van der Waals surface area contributed by atoms with Crippen molar-refractivity contribution in [3.05, 3.63) is 72.1 Å². The predicted molar refractivity (Wildman–Crippen MR) is 105 cm³/mol.